The third kappa shape index (κ3) is 2.83. The van der Waals surface area contributed by atoms with Crippen molar-refractivity contribution in [1.82, 2.24) is 0 Å². The summed E-state index contributed by atoms with van der Waals surface area (Å²) in [4.78, 5) is 11.0. The Bertz CT molecular complexity index is 260. The molecule has 1 rings (SSSR count). The lowest BCUT2D eigenvalue weighted by atomic mass is 9.76. The smallest absolute Gasteiger partial charge is 0.155 e. The van der Waals surface area contributed by atoms with E-state index < -0.39 is 0 Å². The van der Waals surface area contributed by atoms with Gasteiger partial charge in [-0.05, 0) is 38.2 Å². The van der Waals surface area contributed by atoms with Crippen molar-refractivity contribution in [3.63, 3.8) is 0 Å². The Morgan fingerprint density at radius 2 is 2.38 bits per heavy atom. The maximum Gasteiger partial charge on any atom is 0.155 e. The highest BCUT2D eigenvalue weighted by Gasteiger charge is 2.25. The molecule has 0 spiro atoms. The van der Waals surface area contributed by atoms with E-state index in [1.54, 1.807) is 6.08 Å². The molecule has 1 heteroatoms. The predicted octanol–water partition coefficient (Wildman–Crippen LogP) is 3.27. The summed E-state index contributed by atoms with van der Waals surface area (Å²) in [5.41, 5.74) is 1.62. The van der Waals surface area contributed by atoms with Gasteiger partial charge < -0.3 is 0 Å². The average molecular weight is 178 g/mol. The fourth-order valence-corrected chi connectivity index (χ4v) is 1.76. The van der Waals surface area contributed by atoms with E-state index in [1.807, 2.05) is 0 Å². The molecule has 0 fully saturated rings. The third-order valence-electron chi connectivity index (χ3n) is 2.79. The summed E-state index contributed by atoms with van der Waals surface area (Å²) >= 11 is 0. The Hall–Kier alpha value is -0.850. The minimum absolute atomic E-state index is 0.213. The summed E-state index contributed by atoms with van der Waals surface area (Å²) in [5, 5.41) is 0. The first-order valence-corrected chi connectivity index (χ1v) is 4.90. The minimum atomic E-state index is 0.213. The van der Waals surface area contributed by atoms with Crippen molar-refractivity contribution in [3.05, 3.63) is 23.8 Å². The molecule has 13 heavy (non-hydrogen) atoms. The van der Waals surface area contributed by atoms with Gasteiger partial charge in [0.1, 0.15) is 0 Å². The predicted molar refractivity (Wildman–Crippen MR) is 55.5 cm³/mol. The van der Waals surface area contributed by atoms with Crippen molar-refractivity contribution in [2.45, 2.75) is 40.0 Å². The lowest BCUT2D eigenvalue weighted by Gasteiger charge is -2.28. The molecule has 0 aromatic carbocycles. The molecule has 72 valence electrons. The van der Waals surface area contributed by atoms with Crippen molar-refractivity contribution >= 4 is 5.78 Å². The van der Waals surface area contributed by atoms with Crippen LogP contribution in [0.1, 0.15) is 40.0 Å². The van der Waals surface area contributed by atoms with Crippen LogP contribution in [-0.2, 0) is 4.79 Å². The number of hydrogen-bond donors (Lipinski definition) is 0. The first kappa shape index (κ1) is 10.2. The largest absolute Gasteiger partial charge is 0.295 e. The second-order valence-electron chi connectivity index (χ2n) is 4.27. The summed E-state index contributed by atoms with van der Waals surface area (Å²) in [6.07, 6.45) is 8.75. The molecule has 0 heterocycles. The van der Waals surface area contributed by atoms with Gasteiger partial charge in [0.2, 0.25) is 0 Å². The van der Waals surface area contributed by atoms with Crippen LogP contribution in [0, 0.1) is 5.41 Å². The van der Waals surface area contributed by atoms with Gasteiger partial charge in [-0.1, -0.05) is 24.6 Å². The first-order valence-electron chi connectivity index (χ1n) is 4.90. The molecule has 1 aliphatic rings. The number of hydrogen-bond acceptors (Lipinski definition) is 1. The SMILES string of the molecule is C/C=C(\C)CC1(C)C=CC(=O)CC1. The van der Waals surface area contributed by atoms with Crippen LogP contribution in [0.2, 0.25) is 0 Å². The molecule has 0 N–H and O–H groups in total. The topological polar surface area (TPSA) is 17.1 Å². The second-order valence-corrected chi connectivity index (χ2v) is 4.27. The number of carbonyl (C=O) groups is 1. The molecule has 0 aromatic heterocycles. The van der Waals surface area contributed by atoms with Crippen LogP contribution in [0.5, 0.6) is 0 Å². The lowest BCUT2D eigenvalue weighted by molar-refractivity contribution is -0.115. The second kappa shape index (κ2) is 3.91. The molecule has 0 saturated heterocycles. The highest BCUT2D eigenvalue weighted by molar-refractivity contribution is 5.90. The summed E-state index contributed by atoms with van der Waals surface area (Å²) in [6, 6.07) is 0. The number of carbonyl (C=O) groups excluding carboxylic acids is 1. The molecule has 1 nitrogen and oxygen atoms in total. The van der Waals surface area contributed by atoms with Crippen molar-refractivity contribution < 1.29 is 4.79 Å². The molecule has 1 atom stereocenters. The zero-order valence-electron chi connectivity index (χ0n) is 8.76. The molecule has 0 aromatic rings. The fourth-order valence-electron chi connectivity index (χ4n) is 1.76. The maximum absolute atomic E-state index is 11.0. The Kier molecular flexibility index (Phi) is 3.07. The van der Waals surface area contributed by atoms with Crippen LogP contribution in [-0.4, -0.2) is 5.78 Å². The molecule has 0 saturated carbocycles. The van der Waals surface area contributed by atoms with E-state index in [0.717, 1.165) is 12.8 Å². The van der Waals surface area contributed by atoms with E-state index in [4.69, 9.17) is 0 Å². The van der Waals surface area contributed by atoms with Crippen LogP contribution in [0.3, 0.4) is 0 Å². The molecule has 0 aliphatic heterocycles. The molecule has 0 amide bonds. The molecule has 0 radical (unpaired) electrons. The van der Waals surface area contributed by atoms with Crippen LogP contribution >= 0.6 is 0 Å². The van der Waals surface area contributed by atoms with Crippen molar-refractivity contribution in [2.75, 3.05) is 0 Å². The normalized spacial score (nSPS) is 29.5. The Morgan fingerprint density at radius 3 is 2.85 bits per heavy atom. The monoisotopic (exact) mass is 178 g/mol. The van der Waals surface area contributed by atoms with Gasteiger partial charge in [-0.3, -0.25) is 4.79 Å². The Balaban J connectivity index is 2.67. The van der Waals surface area contributed by atoms with E-state index in [2.05, 4.69) is 32.9 Å². The zero-order valence-corrected chi connectivity index (χ0v) is 8.76. The standard InChI is InChI=1S/C12H18O/c1-4-10(2)9-12(3)7-5-11(13)6-8-12/h4-5,7H,6,8-9H2,1-3H3/b10-4+. The summed E-state index contributed by atoms with van der Waals surface area (Å²) in [5.74, 6) is 0.274. The quantitative estimate of drug-likeness (QED) is 0.593. The summed E-state index contributed by atoms with van der Waals surface area (Å²) in [6.45, 7) is 6.44. The van der Waals surface area contributed by atoms with Gasteiger partial charge in [-0.25, -0.2) is 0 Å². The van der Waals surface area contributed by atoms with Gasteiger partial charge in [-0.2, -0.15) is 0 Å². The van der Waals surface area contributed by atoms with Crippen LogP contribution in [0.4, 0.5) is 0 Å². The molecule has 0 bridgehead atoms. The third-order valence-corrected chi connectivity index (χ3v) is 2.79. The van der Waals surface area contributed by atoms with Crippen LogP contribution < -0.4 is 0 Å². The average Bonchev–Trinajstić information content (AvgIpc) is 2.10. The van der Waals surface area contributed by atoms with E-state index in [1.165, 1.54) is 5.57 Å². The van der Waals surface area contributed by atoms with E-state index >= 15 is 0 Å². The minimum Gasteiger partial charge on any atom is -0.295 e. The van der Waals surface area contributed by atoms with E-state index in [0.29, 0.717) is 6.42 Å². The zero-order chi connectivity index (χ0) is 9.90. The van der Waals surface area contributed by atoms with Gasteiger partial charge in [0.15, 0.2) is 5.78 Å². The lowest BCUT2D eigenvalue weighted by Crippen LogP contribution is -2.19. The van der Waals surface area contributed by atoms with Crippen LogP contribution in [0.25, 0.3) is 0 Å². The maximum atomic E-state index is 11.0. The Labute approximate surface area is 80.5 Å². The van der Waals surface area contributed by atoms with Gasteiger partial charge in [0, 0.05) is 6.42 Å². The molecular weight excluding hydrogens is 160 g/mol. The fraction of sp³-hybridized carbons (Fsp3) is 0.583. The summed E-state index contributed by atoms with van der Waals surface area (Å²) in [7, 11) is 0. The molecule has 1 aliphatic carbocycles. The molecular formula is C12H18O. The van der Waals surface area contributed by atoms with Gasteiger partial charge in [0.25, 0.3) is 0 Å². The Morgan fingerprint density at radius 1 is 1.69 bits per heavy atom. The van der Waals surface area contributed by atoms with Gasteiger partial charge in [-0.15, -0.1) is 0 Å². The van der Waals surface area contributed by atoms with E-state index in [-0.39, 0.29) is 11.2 Å². The van der Waals surface area contributed by atoms with Crippen molar-refractivity contribution in [2.24, 2.45) is 5.41 Å². The first-order chi connectivity index (χ1) is 6.06. The van der Waals surface area contributed by atoms with E-state index in [9.17, 15) is 4.79 Å². The summed E-state index contributed by atoms with van der Waals surface area (Å²) < 4.78 is 0. The highest BCUT2D eigenvalue weighted by Crippen LogP contribution is 2.35. The highest BCUT2D eigenvalue weighted by atomic mass is 16.1. The number of allylic oxidation sites excluding steroid dienone is 4. The molecule has 1 unspecified atom stereocenters. The van der Waals surface area contributed by atoms with Crippen molar-refractivity contribution in [3.8, 4) is 0 Å². The van der Waals surface area contributed by atoms with Gasteiger partial charge >= 0.3 is 0 Å². The van der Waals surface area contributed by atoms with Crippen LogP contribution in [0.15, 0.2) is 23.8 Å². The van der Waals surface area contributed by atoms with Crippen molar-refractivity contribution in [1.29, 1.82) is 0 Å². The number of rotatable bonds is 2. The van der Waals surface area contributed by atoms with Gasteiger partial charge in [0.05, 0.1) is 0 Å². The number of ketones is 1.